The molecule has 1 aromatic heterocycles. The minimum atomic E-state index is 0.150. The van der Waals surface area contributed by atoms with Crippen LogP contribution in [0.3, 0.4) is 0 Å². The van der Waals surface area contributed by atoms with Gasteiger partial charge in [-0.2, -0.15) is 11.3 Å². The second kappa shape index (κ2) is 7.27. The van der Waals surface area contributed by atoms with Crippen molar-refractivity contribution in [1.29, 1.82) is 0 Å². The Labute approximate surface area is 131 Å². The zero-order valence-corrected chi connectivity index (χ0v) is 13.4. The molecule has 0 spiro atoms. The van der Waals surface area contributed by atoms with Gasteiger partial charge in [0.25, 0.3) is 0 Å². The van der Waals surface area contributed by atoms with Crippen LogP contribution in [0, 0.1) is 0 Å². The van der Waals surface area contributed by atoms with E-state index in [0.29, 0.717) is 6.04 Å². The van der Waals surface area contributed by atoms with Gasteiger partial charge in [0.15, 0.2) is 0 Å². The number of carbonyl (C=O) groups is 1. The van der Waals surface area contributed by atoms with E-state index in [1.165, 1.54) is 24.8 Å². The lowest BCUT2D eigenvalue weighted by Crippen LogP contribution is -2.53. The maximum atomic E-state index is 12.3. The SMILES string of the molecule is O=C(NC1CCCCC1)N1CCN(Cc2ccsc2)CC1. The third kappa shape index (κ3) is 4.20. The Hall–Kier alpha value is -1.07. The minimum Gasteiger partial charge on any atom is -0.335 e. The van der Waals surface area contributed by atoms with Crippen molar-refractivity contribution in [2.75, 3.05) is 26.2 Å². The summed E-state index contributed by atoms with van der Waals surface area (Å²) in [5.41, 5.74) is 1.39. The third-order valence-corrected chi connectivity index (χ3v) is 5.31. The molecule has 1 aliphatic carbocycles. The molecule has 0 bridgehead atoms. The van der Waals surface area contributed by atoms with Crippen molar-refractivity contribution >= 4 is 17.4 Å². The van der Waals surface area contributed by atoms with E-state index >= 15 is 0 Å². The summed E-state index contributed by atoms with van der Waals surface area (Å²) in [4.78, 5) is 16.7. The van der Waals surface area contributed by atoms with E-state index in [9.17, 15) is 4.79 Å². The lowest BCUT2D eigenvalue weighted by Gasteiger charge is -2.35. The van der Waals surface area contributed by atoms with Gasteiger partial charge in [0.05, 0.1) is 0 Å². The summed E-state index contributed by atoms with van der Waals surface area (Å²) in [7, 11) is 0. The van der Waals surface area contributed by atoms with Gasteiger partial charge in [0, 0.05) is 38.8 Å². The highest BCUT2D eigenvalue weighted by Gasteiger charge is 2.23. The number of piperazine rings is 1. The molecule has 21 heavy (non-hydrogen) atoms. The van der Waals surface area contributed by atoms with Crippen LogP contribution in [-0.2, 0) is 6.54 Å². The topological polar surface area (TPSA) is 35.6 Å². The predicted octanol–water partition coefficient (Wildman–Crippen LogP) is 2.91. The monoisotopic (exact) mass is 307 g/mol. The molecule has 0 radical (unpaired) electrons. The Bertz CT molecular complexity index is 434. The molecule has 3 rings (SSSR count). The number of amides is 2. The van der Waals surface area contributed by atoms with Crippen LogP contribution in [0.1, 0.15) is 37.7 Å². The van der Waals surface area contributed by atoms with Gasteiger partial charge in [-0.25, -0.2) is 4.79 Å². The van der Waals surface area contributed by atoms with Crippen LogP contribution in [0.25, 0.3) is 0 Å². The normalized spacial score (nSPS) is 21.4. The van der Waals surface area contributed by atoms with E-state index in [4.69, 9.17) is 0 Å². The van der Waals surface area contributed by atoms with E-state index in [1.54, 1.807) is 11.3 Å². The minimum absolute atomic E-state index is 0.150. The number of nitrogens with zero attached hydrogens (tertiary/aromatic N) is 2. The number of rotatable bonds is 3. The lowest BCUT2D eigenvalue weighted by atomic mass is 9.96. The van der Waals surface area contributed by atoms with Crippen molar-refractivity contribution in [1.82, 2.24) is 15.1 Å². The molecule has 116 valence electrons. The second-order valence-electron chi connectivity index (χ2n) is 6.18. The summed E-state index contributed by atoms with van der Waals surface area (Å²) in [6, 6.07) is 2.75. The summed E-state index contributed by atoms with van der Waals surface area (Å²) in [5.74, 6) is 0. The molecule has 2 heterocycles. The maximum Gasteiger partial charge on any atom is 0.317 e. The van der Waals surface area contributed by atoms with Crippen LogP contribution in [0.2, 0.25) is 0 Å². The van der Waals surface area contributed by atoms with Gasteiger partial charge in [0.1, 0.15) is 0 Å². The summed E-state index contributed by atoms with van der Waals surface area (Å²) in [6.45, 7) is 4.68. The first kappa shape index (κ1) is 14.9. The number of hydrogen-bond donors (Lipinski definition) is 1. The van der Waals surface area contributed by atoms with Crippen LogP contribution >= 0.6 is 11.3 Å². The van der Waals surface area contributed by atoms with Crippen molar-refractivity contribution in [3.63, 3.8) is 0 Å². The fourth-order valence-corrected chi connectivity index (χ4v) is 3.92. The number of carbonyl (C=O) groups excluding carboxylic acids is 1. The van der Waals surface area contributed by atoms with Crippen molar-refractivity contribution in [3.05, 3.63) is 22.4 Å². The Kier molecular flexibility index (Phi) is 5.14. The first-order valence-corrected chi connectivity index (χ1v) is 9.04. The summed E-state index contributed by atoms with van der Waals surface area (Å²) >= 11 is 1.75. The highest BCUT2D eigenvalue weighted by atomic mass is 32.1. The average Bonchev–Trinajstić information content (AvgIpc) is 3.02. The molecule has 1 aromatic rings. The van der Waals surface area contributed by atoms with Crippen molar-refractivity contribution in [3.8, 4) is 0 Å². The van der Waals surface area contributed by atoms with E-state index in [1.807, 2.05) is 4.90 Å². The third-order valence-electron chi connectivity index (χ3n) is 4.58. The van der Waals surface area contributed by atoms with Gasteiger partial charge in [0.2, 0.25) is 0 Å². The van der Waals surface area contributed by atoms with Gasteiger partial charge < -0.3 is 10.2 Å². The van der Waals surface area contributed by atoms with Crippen LogP contribution in [0.5, 0.6) is 0 Å². The van der Waals surface area contributed by atoms with E-state index in [-0.39, 0.29) is 6.03 Å². The first-order chi connectivity index (χ1) is 10.3. The van der Waals surface area contributed by atoms with Crippen LogP contribution in [0.4, 0.5) is 4.79 Å². The molecule has 2 aliphatic rings. The lowest BCUT2D eigenvalue weighted by molar-refractivity contribution is 0.132. The molecule has 2 fully saturated rings. The Morgan fingerprint density at radius 2 is 1.95 bits per heavy atom. The van der Waals surface area contributed by atoms with Crippen molar-refractivity contribution in [2.24, 2.45) is 0 Å². The van der Waals surface area contributed by atoms with E-state index < -0.39 is 0 Å². The zero-order chi connectivity index (χ0) is 14.5. The number of thiophene rings is 1. The second-order valence-corrected chi connectivity index (χ2v) is 6.96. The molecule has 1 aliphatic heterocycles. The Morgan fingerprint density at radius 3 is 2.62 bits per heavy atom. The Balaban J connectivity index is 1.41. The maximum absolute atomic E-state index is 12.3. The van der Waals surface area contributed by atoms with Gasteiger partial charge in [-0.1, -0.05) is 19.3 Å². The van der Waals surface area contributed by atoms with Gasteiger partial charge in [-0.05, 0) is 35.2 Å². The molecule has 0 unspecified atom stereocenters. The molecular weight excluding hydrogens is 282 g/mol. The molecule has 4 nitrogen and oxygen atoms in total. The van der Waals surface area contributed by atoms with Crippen LogP contribution in [-0.4, -0.2) is 48.1 Å². The summed E-state index contributed by atoms with van der Waals surface area (Å²) in [6.07, 6.45) is 6.17. The smallest absolute Gasteiger partial charge is 0.317 e. The first-order valence-electron chi connectivity index (χ1n) is 8.10. The Morgan fingerprint density at radius 1 is 1.19 bits per heavy atom. The van der Waals surface area contributed by atoms with E-state index in [2.05, 4.69) is 27.0 Å². The van der Waals surface area contributed by atoms with Crippen LogP contribution in [0.15, 0.2) is 16.8 Å². The predicted molar refractivity (Wildman–Crippen MR) is 86.6 cm³/mol. The fourth-order valence-electron chi connectivity index (χ4n) is 3.26. The van der Waals surface area contributed by atoms with Gasteiger partial charge >= 0.3 is 6.03 Å². The zero-order valence-electron chi connectivity index (χ0n) is 12.6. The quantitative estimate of drug-likeness (QED) is 0.932. The highest BCUT2D eigenvalue weighted by Crippen LogP contribution is 2.18. The van der Waals surface area contributed by atoms with Crippen molar-refractivity contribution < 1.29 is 4.79 Å². The standard InChI is InChI=1S/C16H25N3OS/c20-16(17-15-4-2-1-3-5-15)19-9-7-18(8-10-19)12-14-6-11-21-13-14/h6,11,13,15H,1-5,7-10,12H2,(H,17,20). The van der Waals surface area contributed by atoms with Gasteiger partial charge in [-0.3, -0.25) is 4.90 Å². The molecule has 1 saturated heterocycles. The number of urea groups is 1. The molecule has 0 atom stereocenters. The molecule has 5 heteroatoms. The summed E-state index contributed by atoms with van der Waals surface area (Å²) < 4.78 is 0. The fraction of sp³-hybridized carbons (Fsp3) is 0.688. The highest BCUT2D eigenvalue weighted by molar-refractivity contribution is 7.07. The van der Waals surface area contributed by atoms with Gasteiger partial charge in [-0.15, -0.1) is 0 Å². The summed E-state index contributed by atoms with van der Waals surface area (Å²) in [5, 5.41) is 7.56. The largest absolute Gasteiger partial charge is 0.335 e. The molecular formula is C16H25N3OS. The molecule has 2 amide bonds. The average molecular weight is 307 g/mol. The van der Waals surface area contributed by atoms with Crippen LogP contribution < -0.4 is 5.32 Å². The number of nitrogens with one attached hydrogen (secondary N) is 1. The van der Waals surface area contributed by atoms with E-state index in [0.717, 1.165) is 45.6 Å². The van der Waals surface area contributed by atoms with Crippen molar-refractivity contribution in [2.45, 2.75) is 44.7 Å². The molecule has 1 N–H and O–H groups in total. The molecule has 1 saturated carbocycles. The number of hydrogen-bond acceptors (Lipinski definition) is 3. The molecule has 0 aromatic carbocycles.